The molecule has 11 heteroatoms. The highest BCUT2D eigenvalue weighted by atomic mass is 32.2. The molecule has 0 radical (unpaired) electrons. The van der Waals surface area contributed by atoms with Crippen LogP contribution in [0.1, 0.15) is 17.5 Å². The van der Waals surface area contributed by atoms with Crippen molar-refractivity contribution in [1.29, 1.82) is 0 Å². The van der Waals surface area contributed by atoms with E-state index in [1.165, 1.54) is 12.1 Å². The minimum atomic E-state index is -3.62. The summed E-state index contributed by atoms with van der Waals surface area (Å²) in [5, 5.41) is 2.67. The van der Waals surface area contributed by atoms with Crippen molar-refractivity contribution in [2.24, 2.45) is 4.99 Å². The fraction of sp³-hybridized carbons (Fsp3) is 0.222. The number of aliphatic imine (C=N–C) groups is 1. The molecule has 0 spiro atoms. The smallest absolute Gasteiger partial charge is 0.263 e. The van der Waals surface area contributed by atoms with Crippen molar-refractivity contribution in [3.05, 3.63) is 53.6 Å². The van der Waals surface area contributed by atoms with Gasteiger partial charge in [-0.25, -0.2) is 16.8 Å². The average Bonchev–Trinajstić information content (AvgIpc) is 2.88. The van der Waals surface area contributed by atoms with Crippen LogP contribution in [0.25, 0.3) is 0 Å². The zero-order valence-electron chi connectivity index (χ0n) is 15.8. The van der Waals surface area contributed by atoms with Crippen LogP contribution in [0.3, 0.4) is 0 Å². The lowest BCUT2D eigenvalue weighted by atomic mass is 10.2. The Bertz CT molecular complexity index is 1200. The summed E-state index contributed by atoms with van der Waals surface area (Å²) in [6, 6.07) is 11.4. The molecule has 0 saturated heterocycles. The third-order valence-corrected chi connectivity index (χ3v) is 6.08. The molecule has 2 aromatic carbocycles. The number of benzene rings is 2. The molecule has 154 valence electrons. The minimum Gasteiger partial charge on any atom is -0.326 e. The Kier molecular flexibility index (Phi) is 5.62. The van der Waals surface area contributed by atoms with E-state index in [0.717, 1.165) is 6.26 Å². The Morgan fingerprint density at radius 2 is 1.90 bits per heavy atom. The zero-order chi connectivity index (χ0) is 21.2. The summed E-state index contributed by atoms with van der Waals surface area (Å²) in [5.74, 6) is -0.124. The van der Waals surface area contributed by atoms with Crippen molar-refractivity contribution in [2.45, 2.75) is 18.2 Å². The number of fused-ring (bicyclic) bond motifs is 1. The van der Waals surface area contributed by atoms with Crippen LogP contribution in [-0.2, 0) is 24.8 Å². The fourth-order valence-electron chi connectivity index (χ4n) is 2.75. The summed E-state index contributed by atoms with van der Waals surface area (Å²) in [7, 11) is -7.05. The maximum Gasteiger partial charge on any atom is 0.263 e. The van der Waals surface area contributed by atoms with Crippen LogP contribution in [0, 0.1) is 6.92 Å². The third kappa shape index (κ3) is 5.12. The molecule has 1 heterocycles. The molecule has 0 saturated carbocycles. The van der Waals surface area contributed by atoms with Crippen LogP contribution in [0.5, 0.6) is 0 Å². The van der Waals surface area contributed by atoms with Crippen molar-refractivity contribution < 1.29 is 21.6 Å². The molecule has 1 amide bonds. The van der Waals surface area contributed by atoms with Crippen LogP contribution < -0.4 is 14.8 Å². The van der Waals surface area contributed by atoms with Crippen LogP contribution in [0.2, 0.25) is 0 Å². The van der Waals surface area contributed by atoms with Gasteiger partial charge in [-0.05, 0) is 36.8 Å². The van der Waals surface area contributed by atoms with E-state index < -0.39 is 20.0 Å². The summed E-state index contributed by atoms with van der Waals surface area (Å²) >= 11 is 0. The number of nitrogens with one attached hydrogen (secondary N) is 3. The first-order valence-electron chi connectivity index (χ1n) is 8.60. The number of nitrogens with zero attached hydrogens (tertiary/aromatic N) is 1. The Balaban J connectivity index is 1.64. The zero-order valence-corrected chi connectivity index (χ0v) is 17.4. The van der Waals surface area contributed by atoms with Gasteiger partial charge < -0.3 is 5.32 Å². The molecule has 29 heavy (non-hydrogen) atoms. The van der Waals surface area contributed by atoms with Crippen molar-refractivity contribution in [2.75, 3.05) is 22.8 Å². The van der Waals surface area contributed by atoms with E-state index in [4.69, 9.17) is 0 Å². The lowest BCUT2D eigenvalue weighted by Gasteiger charge is -2.11. The van der Waals surface area contributed by atoms with Crippen LogP contribution in [0.15, 0.2) is 52.4 Å². The first-order chi connectivity index (χ1) is 13.5. The number of carbonyl (C=O) groups is 1. The SMILES string of the molecule is Cc1ccc(NC(=O)CCN=C2NS(=O)(=O)c3ccccc32)cc1NS(C)(=O)=O. The van der Waals surface area contributed by atoms with Gasteiger partial charge >= 0.3 is 0 Å². The van der Waals surface area contributed by atoms with Gasteiger partial charge in [0, 0.05) is 17.7 Å². The molecular weight excluding hydrogens is 416 g/mol. The number of sulfonamides is 2. The average molecular weight is 437 g/mol. The Hall–Kier alpha value is -2.92. The molecule has 0 fully saturated rings. The van der Waals surface area contributed by atoms with Crippen molar-refractivity contribution in [1.82, 2.24) is 4.72 Å². The summed E-state index contributed by atoms with van der Waals surface area (Å²) in [6.45, 7) is 1.83. The predicted molar refractivity (Wildman–Crippen MR) is 111 cm³/mol. The number of amidine groups is 1. The molecule has 1 aliphatic heterocycles. The minimum absolute atomic E-state index is 0.0239. The van der Waals surface area contributed by atoms with E-state index >= 15 is 0 Å². The van der Waals surface area contributed by atoms with Gasteiger partial charge in [0.1, 0.15) is 5.84 Å². The third-order valence-electron chi connectivity index (χ3n) is 4.09. The second-order valence-electron chi connectivity index (χ2n) is 6.53. The molecule has 9 nitrogen and oxygen atoms in total. The highest BCUT2D eigenvalue weighted by molar-refractivity contribution is 7.92. The van der Waals surface area contributed by atoms with E-state index in [1.807, 2.05) is 0 Å². The number of rotatable bonds is 6. The molecule has 0 aliphatic carbocycles. The van der Waals surface area contributed by atoms with E-state index in [1.54, 1.807) is 37.3 Å². The molecule has 3 N–H and O–H groups in total. The highest BCUT2D eigenvalue weighted by Crippen LogP contribution is 2.23. The Morgan fingerprint density at radius 1 is 1.17 bits per heavy atom. The van der Waals surface area contributed by atoms with Crippen LogP contribution in [0.4, 0.5) is 11.4 Å². The predicted octanol–water partition coefficient (Wildman–Crippen LogP) is 1.43. The van der Waals surface area contributed by atoms with Crippen molar-refractivity contribution in [3.8, 4) is 0 Å². The number of amides is 1. The largest absolute Gasteiger partial charge is 0.326 e. The van der Waals surface area contributed by atoms with Crippen LogP contribution >= 0.6 is 0 Å². The number of aryl methyl sites for hydroxylation is 1. The maximum atomic E-state index is 12.2. The molecule has 0 unspecified atom stereocenters. The lowest BCUT2D eigenvalue weighted by Crippen LogP contribution is -2.23. The molecule has 3 rings (SSSR count). The van der Waals surface area contributed by atoms with E-state index in [2.05, 4.69) is 19.8 Å². The molecule has 0 atom stereocenters. The lowest BCUT2D eigenvalue weighted by molar-refractivity contribution is -0.116. The summed E-state index contributed by atoms with van der Waals surface area (Å²) in [4.78, 5) is 16.5. The van der Waals surface area contributed by atoms with Gasteiger partial charge in [0.05, 0.1) is 23.4 Å². The number of hydrogen-bond acceptors (Lipinski definition) is 6. The summed E-state index contributed by atoms with van der Waals surface area (Å²) < 4.78 is 51.7. The van der Waals surface area contributed by atoms with Gasteiger partial charge in [-0.15, -0.1) is 0 Å². The maximum absolute atomic E-state index is 12.2. The second kappa shape index (κ2) is 7.84. The van der Waals surface area contributed by atoms with Crippen molar-refractivity contribution in [3.63, 3.8) is 0 Å². The van der Waals surface area contributed by atoms with Gasteiger partial charge in [-0.2, -0.15) is 0 Å². The number of anilines is 2. The Morgan fingerprint density at radius 3 is 2.62 bits per heavy atom. The van der Waals surface area contributed by atoms with Crippen molar-refractivity contribution >= 4 is 43.2 Å². The molecule has 0 bridgehead atoms. The molecular formula is C18H20N4O5S2. The van der Waals surface area contributed by atoms with Gasteiger partial charge in [0.15, 0.2) is 0 Å². The quantitative estimate of drug-likeness (QED) is 0.630. The topological polar surface area (TPSA) is 134 Å². The molecule has 2 aromatic rings. The van der Waals surface area contributed by atoms with E-state index in [-0.39, 0.29) is 29.6 Å². The molecule has 1 aliphatic rings. The second-order valence-corrected chi connectivity index (χ2v) is 9.93. The number of carbonyl (C=O) groups excluding carboxylic acids is 1. The first-order valence-corrected chi connectivity index (χ1v) is 12.0. The summed E-state index contributed by atoms with van der Waals surface area (Å²) in [6.07, 6.45) is 1.07. The van der Waals surface area contributed by atoms with E-state index in [0.29, 0.717) is 22.5 Å². The normalized spacial score (nSPS) is 16.1. The standard InChI is InChI=1S/C18H20N4O5S2/c1-12-7-8-13(11-15(12)21-28(2,24)25)20-17(23)9-10-19-18-14-5-3-4-6-16(14)29(26,27)22-18/h3-8,11,21H,9-10H2,1-2H3,(H,19,22)(H,20,23). The monoisotopic (exact) mass is 436 g/mol. The van der Waals surface area contributed by atoms with Gasteiger partial charge in [0.2, 0.25) is 15.9 Å². The molecule has 0 aromatic heterocycles. The number of hydrogen-bond donors (Lipinski definition) is 3. The first kappa shape index (κ1) is 20.8. The Labute approximate surface area is 169 Å². The van der Waals surface area contributed by atoms with E-state index in [9.17, 15) is 21.6 Å². The van der Waals surface area contributed by atoms with Gasteiger partial charge in [-0.3, -0.25) is 19.2 Å². The highest BCUT2D eigenvalue weighted by Gasteiger charge is 2.29. The fourth-order valence-corrected chi connectivity index (χ4v) is 4.62. The summed E-state index contributed by atoms with van der Waals surface area (Å²) in [5.41, 5.74) is 2.00. The van der Waals surface area contributed by atoms with Gasteiger partial charge in [-0.1, -0.05) is 18.2 Å². The van der Waals surface area contributed by atoms with Crippen LogP contribution in [-0.4, -0.2) is 41.4 Å². The van der Waals surface area contributed by atoms with Gasteiger partial charge in [0.25, 0.3) is 10.0 Å².